The highest BCUT2D eigenvalue weighted by atomic mass is 16.4. The van der Waals surface area contributed by atoms with Crippen LogP contribution in [-0.2, 0) is 64.0 Å². The Bertz CT molecular complexity index is 2260. The van der Waals surface area contributed by atoms with Crippen molar-refractivity contribution in [3.8, 4) is 5.75 Å². The van der Waals surface area contributed by atoms with Crippen LogP contribution in [0.4, 0.5) is 0 Å². The molecule has 2 aliphatic rings. The molecule has 28 heteroatoms. The monoisotopic (exact) mass is 1060 g/mol. The molecule has 75 heavy (non-hydrogen) atoms. The van der Waals surface area contributed by atoms with Gasteiger partial charge in [-0.25, -0.2) is 4.79 Å². The second-order valence-electron chi connectivity index (χ2n) is 19.1. The number of nitrogens with zero attached hydrogens (tertiary/aromatic N) is 2. The minimum atomic E-state index is -2.01. The van der Waals surface area contributed by atoms with Gasteiger partial charge in [-0.1, -0.05) is 26.0 Å². The molecule has 17 N–H and O–H groups in total. The Morgan fingerprint density at radius 3 is 1.67 bits per heavy atom. The predicted octanol–water partition coefficient (Wildman–Crippen LogP) is -4.95. The minimum Gasteiger partial charge on any atom is -0.508 e. The molecule has 0 bridgehead atoms. The van der Waals surface area contributed by atoms with Gasteiger partial charge in [0.2, 0.25) is 59.1 Å². The van der Waals surface area contributed by atoms with Crippen molar-refractivity contribution in [2.24, 2.45) is 23.1 Å². The van der Waals surface area contributed by atoms with E-state index in [0.717, 1.165) is 6.92 Å². The molecule has 10 amide bonds. The van der Waals surface area contributed by atoms with Crippen LogP contribution in [0.5, 0.6) is 5.75 Å². The number of aliphatic carboxylic acids is 2. The molecule has 1 aromatic rings. The Morgan fingerprint density at radius 1 is 0.613 bits per heavy atom. The minimum absolute atomic E-state index is 0.0197. The Morgan fingerprint density at radius 2 is 1.12 bits per heavy atom. The number of rotatable bonds is 29. The van der Waals surface area contributed by atoms with Gasteiger partial charge in [-0.2, -0.15) is 0 Å². The fourth-order valence-electron chi connectivity index (χ4n) is 8.50. The number of benzene rings is 1. The number of hydrogen-bond donors (Lipinski definition) is 14. The first-order chi connectivity index (χ1) is 35.1. The quantitative estimate of drug-likeness (QED) is 0.0357. The average Bonchev–Trinajstić information content (AvgIpc) is 4.03. The fourth-order valence-corrected chi connectivity index (χ4v) is 8.50. The number of carbonyl (C=O) groups is 12. The van der Waals surface area contributed by atoms with Gasteiger partial charge in [0, 0.05) is 32.4 Å². The van der Waals surface area contributed by atoms with E-state index in [9.17, 15) is 83.1 Å². The highest BCUT2D eigenvalue weighted by molar-refractivity contribution is 5.99. The number of nitrogens with two attached hydrogens (primary N) is 3. The van der Waals surface area contributed by atoms with E-state index in [2.05, 4.69) is 31.9 Å². The Hall–Kier alpha value is -7.46. The first-order valence-electron chi connectivity index (χ1n) is 24.5. The molecule has 28 nitrogen and oxygen atoms in total. The zero-order chi connectivity index (χ0) is 56.4. The van der Waals surface area contributed by atoms with Gasteiger partial charge in [-0.05, 0) is 82.4 Å². The van der Waals surface area contributed by atoms with Gasteiger partial charge in [0.25, 0.3) is 0 Å². The third kappa shape index (κ3) is 19.1. The number of aromatic hydroxyl groups is 1. The Balaban J connectivity index is 1.87. The maximum Gasteiger partial charge on any atom is 0.328 e. The topological polar surface area (TPSA) is 463 Å². The first kappa shape index (κ1) is 61.8. The maximum absolute atomic E-state index is 14.4. The van der Waals surface area contributed by atoms with Crippen molar-refractivity contribution in [3.63, 3.8) is 0 Å². The summed E-state index contributed by atoms with van der Waals surface area (Å²) >= 11 is 0. The standard InChI is InChI=1S/C47H71N11O17/c1-22(2)19-31(45(72)58-18-6-8-33(58)46(73)57-17-5-7-32(57)43(70)56-38(24(4)60)47(74)75)54-44(71)37(23(3)59)55-42(69)30(21-36(64)65)53-41(68)29(20-25-9-11-26(61)12-10-25)52-40(67)28(14-16-35(50)63)51-39(66)27(48)13-15-34(49)62/h9-12,22-24,27-33,37-38,59-61H,5-8,13-21,48H2,1-4H3,(H2,49,62)(H2,50,63)(H,51,66)(H,52,67)(H,53,68)(H,54,71)(H,55,69)(H,56,70)(H,64,65)(H,74,75)/t23-,24-,27+,28+,29+,30+,31+,32+,33+,37+,38+/m1/s1. The third-order valence-electron chi connectivity index (χ3n) is 12.5. The number of nitrogens with one attached hydrogen (secondary N) is 6. The Kier molecular flexibility index (Phi) is 23.8. The lowest BCUT2D eigenvalue weighted by Crippen LogP contribution is -2.62. The molecule has 0 aromatic heterocycles. The summed E-state index contributed by atoms with van der Waals surface area (Å²) in [4.78, 5) is 160. The summed E-state index contributed by atoms with van der Waals surface area (Å²) in [7, 11) is 0. The molecule has 0 unspecified atom stereocenters. The summed E-state index contributed by atoms with van der Waals surface area (Å²) in [6, 6.07) is -8.46. The van der Waals surface area contributed by atoms with Gasteiger partial charge in [-0.3, -0.25) is 52.7 Å². The van der Waals surface area contributed by atoms with E-state index in [0.29, 0.717) is 18.4 Å². The van der Waals surface area contributed by atoms with Crippen molar-refractivity contribution in [1.82, 2.24) is 41.7 Å². The molecule has 0 radical (unpaired) electrons. The summed E-state index contributed by atoms with van der Waals surface area (Å²) < 4.78 is 0. The van der Waals surface area contributed by atoms with Crippen molar-refractivity contribution in [2.75, 3.05) is 13.1 Å². The van der Waals surface area contributed by atoms with Crippen LogP contribution in [0.3, 0.4) is 0 Å². The van der Waals surface area contributed by atoms with Crippen LogP contribution in [0.25, 0.3) is 0 Å². The second kappa shape index (κ2) is 28.8. The van der Waals surface area contributed by atoms with E-state index < -0.39 is 157 Å². The lowest BCUT2D eigenvalue weighted by Gasteiger charge is -2.34. The molecule has 1 aromatic carbocycles. The van der Waals surface area contributed by atoms with Crippen molar-refractivity contribution in [1.29, 1.82) is 0 Å². The number of phenolic OH excluding ortho intramolecular Hbond substituents is 1. The molecule has 11 atom stereocenters. The van der Waals surface area contributed by atoms with E-state index in [-0.39, 0.29) is 63.3 Å². The van der Waals surface area contributed by atoms with Gasteiger partial charge in [0.05, 0.1) is 24.7 Å². The zero-order valence-corrected chi connectivity index (χ0v) is 42.2. The molecule has 2 fully saturated rings. The first-order valence-corrected chi connectivity index (χ1v) is 24.5. The highest BCUT2D eigenvalue weighted by Gasteiger charge is 2.45. The van der Waals surface area contributed by atoms with Crippen LogP contribution in [0.2, 0.25) is 0 Å². The van der Waals surface area contributed by atoms with Crippen molar-refractivity contribution in [3.05, 3.63) is 29.8 Å². The van der Waals surface area contributed by atoms with E-state index in [1.165, 1.54) is 41.0 Å². The van der Waals surface area contributed by atoms with Crippen molar-refractivity contribution >= 4 is 71.0 Å². The number of likely N-dealkylation sites (tertiary alicyclic amines) is 2. The molecule has 416 valence electrons. The highest BCUT2D eigenvalue weighted by Crippen LogP contribution is 2.27. The van der Waals surface area contributed by atoms with Crippen LogP contribution < -0.4 is 49.1 Å². The number of carbonyl (C=O) groups excluding carboxylic acids is 10. The van der Waals surface area contributed by atoms with E-state index >= 15 is 0 Å². The largest absolute Gasteiger partial charge is 0.508 e. The fraction of sp³-hybridized carbons (Fsp3) is 0.617. The average molecular weight is 1060 g/mol. The molecule has 3 rings (SSSR count). The molecule has 0 spiro atoms. The lowest BCUT2D eigenvalue weighted by molar-refractivity contribution is -0.149. The van der Waals surface area contributed by atoms with Crippen LogP contribution >= 0.6 is 0 Å². The number of hydrogen-bond acceptors (Lipinski definition) is 16. The smallest absolute Gasteiger partial charge is 0.328 e. The molecule has 2 saturated heterocycles. The van der Waals surface area contributed by atoms with Crippen molar-refractivity contribution in [2.45, 2.75) is 165 Å². The van der Waals surface area contributed by atoms with Gasteiger partial charge in [-0.15, -0.1) is 0 Å². The van der Waals surface area contributed by atoms with E-state index in [4.69, 9.17) is 17.2 Å². The van der Waals surface area contributed by atoms with Gasteiger partial charge >= 0.3 is 11.9 Å². The van der Waals surface area contributed by atoms with E-state index in [1.54, 1.807) is 13.8 Å². The number of amides is 10. The molecule has 0 aliphatic carbocycles. The lowest BCUT2D eigenvalue weighted by atomic mass is 10.0. The number of primary amides is 2. The molecule has 0 saturated carbocycles. The summed E-state index contributed by atoms with van der Waals surface area (Å²) in [5, 5.41) is 63.9. The van der Waals surface area contributed by atoms with Gasteiger partial charge in [0.1, 0.15) is 48.0 Å². The number of carboxylic acid groups (broad SMARTS) is 2. The third-order valence-corrected chi connectivity index (χ3v) is 12.5. The molecule has 2 aliphatic heterocycles. The van der Waals surface area contributed by atoms with Crippen molar-refractivity contribution < 1.29 is 83.1 Å². The number of aliphatic hydroxyl groups excluding tert-OH is 2. The maximum atomic E-state index is 14.4. The molecular weight excluding hydrogens is 991 g/mol. The summed E-state index contributed by atoms with van der Waals surface area (Å²) in [6.45, 7) is 5.92. The summed E-state index contributed by atoms with van der Waals surface area (Å²) in [5.74, 6) is -12.9. The second-order valence-corrected chi connectivity index (χ2v) is 19.1. The normalized spacial score (nSPS) is 18.9. The Labute approximate surface area is 431 Å². The molecular formula is C47H71N11O17. The summed E-state index contributed by atoms with van der Waals surface area (Å²) in [5.41, 5.74) is 16.6. The summed E-state index contributed by atoms with van der Waals surface area (Å²) in [6.07, 6.45) is -4.97. The number of carboxylic acids is 2. The zero-order valence-electron chi connectivity index (χ0n) is 42.2. The van der Waals surface area contributed by atoms with Crippen LogP contribution in [0, 0.1) is 5.92 Å². The number of aliphatic hydroxyl groups is 2. The van der Waals surface area contributed by atoms with Crippen LogP contribution in [0.15, 0.2) is 24.3 Å². The SMILES string of the molecule is CC(C)C[C@H](NC(=O)[C@@H](NC(=O)[C@H](CC(=O)O)NC(=O)[C@H](Cc1ccc(O)cc1)NC(=O)[C@H](CCC(N)=O)NC(=O)[C@@H](N)CCC(N)=O)[C@@H](C)O)C(=O)N1CCC[C@H]1C(=O)N1CCC[C@H]1C(=O)N[C@H](C(=O)O)[C@@H](C)O. The predicted molar refractivity (Wildman–Crippen MR) is 260 cm³/mol. The van der Waals surface area contributed by atoms with Gasteiger partial charge in [0.15, 0.2) is 6.04 Å². The van der Waals surface area contributed by atoms with Crippen LogP contribution in [0.1, 0.15) is 97.5 Å². The number of phenols is 1. The van der Waals surface area contributed by atoms with E-state index in [1.807, 2.05) is 0 Å². The molecule has 2 heterocycles. The van der Waals surface area contributed by atoms with Crippen LogP contribution in [-0.4, -0.2) is 186 Å². The van der Waals surface area contributed by atoms with Gasteiger partial charge < -0.3 is 84.4 Å².